The van der Waals surface area contributed by atoms with Gasteiger partial charge in [0.2, 0.25) is 11.8 Å². The van der Waals surface area contributed by atoms with Gasteiger partial charge in [-0.05, 0) is 68.1 Å². The van der Waals surface area contributed by atoms with Gasteiger partial charge in [-0.15, -0.1) is 0 Å². The highest BCUT2D eigenvalue weighted by molar-refractivity contribution is 7.93. The summed E-state index contributed by atoms with van der Waals surface area (Å²) in [6.45, 7) is 0.595. The van der Waals surface area contributed by atoms with Crippen LogP contribution in [0.5, 0.6) is 0 Å². The Hall–Kier alpha value is -2.82. The molecule has 218 valence electrons. The number of hydrogen-bond donors (Lipinski definition) is 1. The molecule has 0 aromatic carbocycles. The van der Waals surface area contributed by atoms with Crippen LogP contribution in [0.1, 0.15) is 51.4 Å². The van der Waals surface area contributed by atoms with E-state index in [9.17, 15) is 22.0 Å². The Balaban J connectivity index is 1.19. The number of sulfone groups is 1. The van der Waals surface area contributed by atoms with Gasteiger partial charge in [0.25, 0.3) is 0 Å². The highest BCUT2D eigenvalue weighted by atomic mass is 32.2. The van der Waals surface area contributed by atoms with Crippen LogP contribution in [-0.2, 0) is 24.1 Å². The molecule has 2 fully saturated rings. The Morgan fingerprint density at radius 3 is 2.52 bits per heavy atom. The van der Waals surface area contributed by atoms with Crippen molar-refractivity contribution in [1.29, 1.82) is 0 Å². The predicted octanol–water partition coefficient (Wildman–Crippen LogP) is 4.10. The molecule has 1 amide bonds. The van der Waals surface area contributed by atoms with Crippen LogP contribution in [0.15, 0.2) is 57.3 Å². The van der Waals surface area contributed by atoms with Gasteiger partial charge in [0.15, 0.2) is 9.84 Å². The first-order valence-electron chi connectivity index (χ1n) is 14.1. The second kappa shape index (κ2) is 12.4. The largest absolute Gasteiger partial charge is 0.501 e. The van der Waals surface area contributed by atoms with Crippen molar-refractivity contribution in [3.8, 4) is 0 Å². The van der Waals surface area contributed by atoms with E-state index in [1.54, 1.807) is 25.3 Å². The van der Waals surface area contributed by atoms with Crippen molar-refractivity contribution >= 4 is 27.9 Å². The first kappa shape index (κ1) is 28.7. The zero-order valence-corrected chi connectivity index (χ0v) is 23.5. The summed E-state index contributed by atoms with van der Waals surface area (Å²) in [5, 5.41) is 2.04. The van der Waals surface area contributed by atoms with Gasteiger partial charge < -0.3 is 14.8 Å². The fourth-order valence-electron chi connectivity index (χ4n) is 5.68. The third kappa shape index (κ3) is 6.90. The van der Waals surface area contributed by atoms with Crippen LogP contribution in [0, 0.1) is 11.8 Å². The summed E-state index contributed by atoms with van der Waals surface area (Å²) in [4.78, 5) is 22.3. The quantitative estimate of drug-likeness (QED) is 0.421. The van der Waals surface area contributed by atoms with Crippen LogP contribution in [0.2, 0.25) is 0 Å². The molecular weight excluding hydrogens is 540 g/mol. The number of amides is 1. The summed E-state index contributed by atoms with van der Waals surface area (Å²) >= 11 is 0. The van der Waals surface area contributed by atoms with E-state index in [-0.39, 0.29) is 42.9 Å². The maximum atomic E-state index is 13.9. The lowest BCUT2D eigenvalue weighted by Crippen LogP contribution is -2.42. The Bertz CT molecular complexity index is 1260. The second-order valence-electron chi connectivity index (χ2n) is 11.2. The zero-order valence-electron chi connectivity index (χ0n) is 22.7. The lowest BCUT2D eigenvalue weighted by molar-refractivity contribution is -0.124. The standard InChI is InChI=1S/C29H37F2N3O5S/c1-38-21-6-2-18(3-7-21)17-39-28-16-32-27(15-33-28)34-29(35)24(12-19-13-25(30)26(31)14-19)20-4-8-22(9-5-20)40(36,37)23-10-11-23/h2,4-6,8,16,19,22-27H,3,7,9-15,17H2,1H3,(H,34,35)/t19?,22?,24?,25-,26+,27?. The molecule has 0 saturated heterocycles. The van der Waals surface area contributed by atoms with Crippen molar-refractivity contribution in [3.05, 3.63) is 47.3 Å². The lowest BCUT2D eigenvalue weighted by atomic mass is 9.84. The second-order valence-corrected chi connectivity index (χ2v) is 13.7. The molecule has 1 N–H and O–H groups in total. The number of methoxy groups -OCH3 is 1. The minimum atomic E-state index is -3.23. The Kier molecular flexibility index (Phi) is 8.87. The van der Waals surface area contributed by atoms with E-state index in [1.807, 2.05) is 12.2 Å². The molecule has 0 aromatic heterocycles. The average Bonchev–Trinajstić information content (AvgIpc) is 3.77. The molecule has 4 aliphatic carbocycles. The van der Waals surface area contributed by atoms with Crippen LogP contribution in [0.3, 0.4) is 0 Å². The highest BCUT2D eigenvalue weighted by Gasteiger charge is 2.41. The fraction of sp³-hybridized carbons (Fsp3) is 0.621. The van der Waals surface area contributed by atoms with E-state index >= 15 is 0 Å². The lowest BCUT2D eigenvalue weighted by Gasteiger charge is -2.26. The maximum absolute atomic E-state index is 13.9. The molecule has 0 radical (unpaired) electrons. The van der Waals surface area contributed by atoms with E-state index < -0.39 is 39.5 Å². The number of hydrogen-bond acceptors (Lipinski definition) is 7. The molecule has 0 bridgehead atoms. The number of aliphatic imine (C=N–C) groups is 2. The molecule has 0 aromatic rings. The smallest absolute Gasteiger partial charge is 0.229 e. The van der Waals surface area contributed by atoms with Crippen LogP contribution in [0.4, 0.5) is 8.78 Å². The number of ether oxygens (including phenoxy) is 2. The van der Waals surface area contributed by atoms with Gasteiger partial charge in [0.1, 0.15) is 25.1 Å². The molecule has 11 heteroatoms. The van der Waals surface area contributed by atoms with Crippen molar-refractivity contribution in [1.82, 2.24) is 5.32 Å². The SMILES string of the molecule is COC1=CC=C(COC2=NCC(NC(=O)C(CC3C[C@@H](F)[C@@H](F)C3)C3=CCC(S(=O)(=O)C4CC4)C=C3)N=C2)CC1. The van der Waals surface area contributed by atoms with Crippen LogP contribution >= 0.6 is 0 Å². The topological polar surface area (TPSA) is 106 Å². The summed E-state index contributed by atoms with van der Waals surface area (Å²) in [6, 6.07) is 0. The summed E-state index contributed by atoms with van der Waals surface area (Å²) < 4.78 is 64.2. The van der Waals surface area contributed by atoms with Crippen molar-refractivity contribution in [2.24, 2.45) is 21.8 Å². The zero-order chi connectivity index (χ0) is 28.3. The minimum Gasteiger partial charge on any atom is -0.501 e. The number of nitrogens with zero attached hydrogens (tertiary/aromatic N) is 2. The number of carbonyl (C=O) groups is 1. The van der Waals surface area contributed by atoms with Crippen LogP contribution in [-0.4, -0.2) is 75.7 Å². The van der Waals surface area contributed by atoms with Gasteiger partial charge in [-0.3, -0.25) is 9.79 Å². The normalized spacial score (nSPS) is 31.0. The molecule has 1 aliphatic heterocycles. The molecule has 40 heavy (non-hydrogen) atoms. The molecular formula is C29H37F2N3O5S. The Morgan fingerprint density at radius 1 is 1.18 bits per heavy atom. The van der Waals surface area contributed by atoms with Gasteiger partial charge in [0.05, 0.1) is 42.0 Å². The van der Waals surface area contributed by atoms with Crippen molar-refractivity contribution in [3.63, 3.8) is 0 Å². The third-order valence-electron chi connectivity index (χ3n) is 8.26. The van der Waals surface area contributed by atoms with Crippen LogP contribution in [0.25, 0.3) is 0 Å². The monoisotopic (exact) mass is 577 g/mol. The third-order valence-corrected chi connectivity index (χ3v) is 10.9. The summed E-state index contributed by atoms with van der Waals surface area (Å²) in [7, 11) is -1.57. The maximum Gasteiger partial charge on any atom is 0.229 e. The fourth-order valence-corrected chi connectivity index (χ4v) is 7.63. The van der Waals surface area contributed by atoms with Crippen LogP contribution < -0.4 is 5.32 Å². The number of halogens is 2. The van der Waals surface area contributed by atoms with E-state index in [0.29, 0.717) is 37.3 Å². The van der Waals surface area contributed by atoms with Gasteiger partial charge >= 0.3 is 0 Å². The molecule has 2 saturated carbocycles. The molecule has 0 spiro atoms. The molecule has 6 atom stereocenters. The number of carbonyl (C=O) groups excluding carboxylic acids is 1. The van der Waals surface area contributed by atoms with Gasteiger partial charge in [-0.25, -0.2) is 22.2 Å². The number of allylic oxidation sites excluding steroid dienone is 5. The Labute approximate surface area is 234 Å². The molecule has 5 aliphatic rings. The number of rotatable bonds is 10. The molecule has 8 nitrogen and oxygen atoms in total. The van der Waals surface area contributed by atoms with E-state index in [0.717, 1.165) is 24.2 Å². The molecule has 1 heterocycles. The van der Waals surface area contributed by atoms with Crippen molar-refractivity contribution in [2.75, 3.05) is 20.3 Å². The molecule has 5 rings (SSSR count). The van der Waals surface area contributed by atoms with E-state index in [1.165, 1.54) is 6.21 Å². The minimum absolute atomic E-state index is 0.0756. The predicted molar refractivity (Wildman–Crippen MR) is 149 cm³/mol. The van der Waals surface area contributed by atoms with Gasteiger partial charge in [-0.2, -0.15) is 0 Å². The Morgan fingerprint density at radius 2 is 1.95 bits per heavy atom. The first-order chi connectivity index (χ1) is 19.2. The summed E-state index contributed by atoms with van der Waals surface area (Å²) in [5.41, 5.74) is 1.80. The van der Waals surface area contributed by atoms with Crippen molar-refractivity contribution in [2.45, 2.75) is 80.4 Å². The number of nitrogens with one attached hydrogen (secondary N) is 1. The highest BCUT2D eigenvalue weighted by Crippen LogP contribution is 2.39. The van der Waals surface area contributed by atoms with E-state index in [4.69, 9.17) is 9.47 Å². The first-order valence-corrected chi connectivity index (χ1v) is 15.7. The van der Waals surface area contributed by atoms with Gasteiger partial charge in [0, 0.05) is 6.42 Å². The van der Waals surface area contributed by atoms with E-state index in [2.05, 4.69) is 15.3 Å². The van der Waals surface area contributed by atoms with Crippen molar-refractivity contribution < 1.29 is 31.5 Å². The van der Waals surface area contributed by atoms with Gasteiger partial charge in [-0.1, -0.05) is 24.3 Å². The number of alkyl halides is 2. The summed E-state index contributed by atoms with van der Waals surface area (Å²) in [6.07, 6.45) is 10.7. The molecule has 4 unspecified atom stereocenters. The average molecular weight is 578 g/mol. The summed E-state index contributed by atoms with van der Waals surface area (Å²) in [5.74, 6) is 0.0658.